The molecule has 1 fully saturated rings. The van der Waals surface area contributed by atoms with Gasteiger partial charge in [0, 0.05) is 25.3 Å². The number of methoxy groups -OCH3 is 1. The maximum absolute atomic E-state index is 13.8. The first-order valence-electron chi connectivity index (χ1n) is 10.2. The maximum atomic E-state index is 13.8. The van der Waals surface area contributed by atoms with Gasteiger partial charge in [-0.2, -0.15) is 0 Å². The van der Waals surface area contributed by atoms with E-state index in [1.54, 1.807) is 19.1 Å². The van der Waals surface area contributed by atoms with Gasteiger partial charge in [-0.25, -0.2) is 4.79 Å². The molecule has 0 N–H and O–H groups in total. The third kappa shape index (κ3) is 2.19. The van der Waals surface area contributed by atoms with Crippen molar-refractivity contribution >= 4 is 34.7 Å². The predicted molar refractivity (Wildman–Crippen MR) is 106 cm³/mol. The molecule has 1 aromatic carbocycles. The molecule has 0 aliphatic carbocycles. The molecule has 3 aliphatic rings. The molecule has 4 heterocycles. The molecule has 1 saturated heterocycles. The van der Waals surface area contributed by atoms with Crippen molar-refractivity contribution < 1.29 is 33.4 Å². The van der Waals surface area contributed by atoms with E-state index in [1.807, 2.05) is 12.1 Å². The van der Waals surface area contributed by atoms with Crippen molar-refractivity contribution in [1.29, 1.82) is 0 Å². The number of hydrogen-bond donors (Lipinski definition) is 0. The van der Waals surface area contributed by atoms with Crippen LogP contribution in [0.25, 0.3) is 10.9 Å². The molecule has 162 valence electrons. The largest absolute Gasteiger partial charge is 0.469 e. The van der Waals surface area contributed by atoms with Crippen LogP contribution in [0.4, 0.5) is 0 Å². The van der Waals surface area contributed by atoms with E-state index in [0.29, 0.717) is 17.6 Å². The Morgan fingerprint density at radius 1 is 1.26 bits per heavy atom. The molecule has 31 heavy (non-hydrogen) atoms. The van der Waals surface area contributed by atoms with Gasteiger partial charge < -0.3 is 19.1 Å². The summed E-state index contributed by atoms with van der Waals surface area (Å²) in [6.07, 6.45) is 0.220. The maximum Gasteiger partial charge on any atom is 0.348 e. The minimum atomic E-state index is -2.05. The number of fused-ring (bicyclic) bond motifs is 4. The van der Waals surface area contributed by atoms with Gasteiger partial charge in [0.2, 0.25) is 17.2 Å². The van der Waals surface area contributed by atoms with Gasteiger partial charge in [0.25, 0.3) is 5.91 Å². The molecular weight excluding hydrogens is 404 g/mol. The van der Waals surface area contributed by atoms with Gasteiger partial charge in [-0.05, 0) is 25.0 Å². The summed E-state index contributed by atoms with van der Waals surface area (Å²) in [6, 6.07) is 7.33. The Balaban J connectivity index is 1.91. The van der Waals surface area contributed by atoms with Crippen LogP contribution < -0.4 is 0 Å². The van der Waals surface area contributed by atoms with Gasteiger partial charge >= 0.3 is 11.9 Å². The standard InChI is InChI=1S/C22H22N2O7/c1-4-30-20(28)21-11-15(18(26)29-3)22(31-21)17-14(9-10-23(22)12(2)25)13-7-5-6-8-16(13)24(17)19(21)27/h5-8,15H,4,9-11H2,1-3H3/t15-,21+,22-/m0/s1. The number of benzene rings is 1. The van der Waals surface area contributed by atoms with Gasteiger partial charge in [-0.15, -0.1) is 0 Å². The Morgan fingerprint density at radius 3 is 2.68 bits per heavy atom. The number of rotatable bonds is 3. The summed E-state index contributed by atoms with van der Waals surface area (Å²) in [5, 5.41) is 0.826. The molecule has 3 atom stereocenters. The Bertz CT molecular complexity index is 1170. The van der Waals surface area contributed by atoms with E-state index in [9.17, 15) is 19.2 Å². The Labute approximate surface area is 177 Å². The van der Waals surface area contributed by atoms with Gasteiger partial charge in [-0.1, -0.05) is 18.2 Å². The smallest absolute Gasteiger partial charge is 0.348 e. The van der Waals surface area contributed by atoms with Crippen molar-refractivity contribution in [3.8, 4) is 0 Å². The molecule has 0 unspecified atom stereocenters. The quantitative estimate of drug-likeness (QED) is 0.539. The van der Waals surface area contributed by atoms with E-state index in [4.69, 9.17) is 14.2 Å². The number of aromatic nitrogens is 1. The molecule has 1 spiro atoms. The van der Waals surface area contributed by atoms with E-state index in [2.05, 4.69) is 0 Å². The minimum Gasteiger partial charge on any atom is -0.469 e. The molecule has 0 radical (unpaired) electrons. The number of carbonyl (C=O) groups is 4. The fourth-order valence-corrected chi connectivity index (χ4v) is 5.47. The van der Waals surface area contributed by atoms with Crippen LogP contribution in [0.3, 0.4) is 0 Å². The topological polar surface area (TPSA) is 104 Å². The normalized spacial score (nSPS) is 28.4. The lowest BCUT2D eigenvalue weighted by Crippen LogP contribution is -2.64. The van der Waals surface area contributed by atoms with E-state index >= 15 is 0 Å². The van der Waals surface area contributed by atoms with Gasteiger partial charge in [0.05, 0.1) is 24.9 Å². The zero-order valence-electron chi connectivity index (χ0n) is 17.5. The highest BCUT2D eigenvalue weighted by molar-refractivity contribution is 6.13. The lowest BCUT2D eigenvalue weighted by Gasteiger charge is -2.49. The van der Waals surface area contributed by atoms with Gasteiger partial charge in [0.15, 0.2) is 0 Å². The zero-order valence-corrected chi connectivity index (χ0v) is 17.5. The fourth-order valence-electron chi connectivity index (χ4n) is 5.47. The third-order valence-electron chi connectivity index (χ3n) is 6.62. The van der Waals surface area contributed by atoms with Crippen LogP contribution >= 0.6 is 0 Å². The Morgan fingerprint density at radius 2 is 2.00 bits per heavy atom. The number of para-hydroxylation sites is 1. The number of hydrogen-bond acceptors (Lipinski definition) is 7. The molecule has 9 nitrogen and oxygen atoms in total. The molecule has 2 bridgehead atoms. The van der Waals surface area contributed by atoms with Crippen molar-refractivity contribution in [1.82, 2.24) is 9.47 Å². The first-order valence-corrected chi connectivity index (χ1v) is 10.2. The molecule has 5 rings (SSSR count). The minimum absolute atomic E-state index is 0.0358. The zero-order chi connectivity index (χ0) is 22.1. The van der Waals surface area contributed by atoms with Crippen LogP contribution in [-0.2, 0) is 40.7 Å². The van der Waals surface area contributed by atoms with Crippen LogP contribution in [0, 0.1) is 5.92 Å². The van der Waals surface area contributed by atoms with Crippen molar-refractivity contribution in [2.75, 3.05) is 20.3 Å². The average molecular weight is 426 g/mol. The van der Waals surface area contributed by atoms with E-state index in [-0.39, 0.29) is 25.5 Å². The van der Waals surface area contributed by atoms with Crippen LogP contribution in [0.2, 0.25) is 0 Å². The molecule has 1 amide bonds. The third-order valence-corrected chi connectivity index (χ3v) is 6.62. The average Bonchev–Trinajstić information content (AvgIpc) is 3.26. The monoisotopic (exact) mass is 426 g/mol. The predicted octanol–water partition coefficient (Wildman–Crippen LogP) is 1.36. The second-order valence-electron chi connectivity index (χ2n) is 8.03. The second-order valence-corrected chi connectivity index (χ2v) is 8.03. The lowest BCUT2D eigenvalue weighted by molar-refractivity contribution is -0.222. The van der Waals surface area contributed by atoms with Crippen LogP contribution in [-0.4, -0.2) is 59.1 Å². The molecule has 1 aromatic heterocycles. The van der Waals surface area contributed by atoms with Crippen molar-refractivity contribution in [3.05, 3.63) is 35.5 Å². The van der Waals surface area contributed by atoms with E-state index in [1.165, 1.54) is 23.5 Å². The number of nitrogens with zero attached hydrogens (tertiary/aromatic N) is 2. The molecule has 9 heteroatoms. The number of carbonyl (C=O) groups excluding carboxylic acids is 4. The van der Waals surface area contributed by atoms with Gasteiger partial charge in [-0.3, -0.25) is 19.0 Å². The van der Waals surface area contributed by atoms with Crippen molar-refractivity contribution in [2.45, 2.75) is 38.0 Å². The highest BCUT2D eigenvalue weighted by atomic mass is 16.6. The molecule has 3 aliphatic heterocycles. The Kier molecular flexibility index (Phi) is 4.08. The van der Waals surface area contributed by atoms with Crippen LogP contribution in [0.5, 0.6) is 0 Å². The summed E-state index contributed by atoms with van der Waals surface area (Å²) >= 11 is 0. The number of amides is 1. The molecule has 0 saturated carbocycles. The summed E-state index contributed by atoms with van der Waals surface area (Å²) in [5.41, 5.74) is -1.82. The van der Waals surface area contributed by atoms with Crippen LogP contribution in [0.1, 0.15) is 36.3 Å². The summed E-state index contributed by atoms with van der Waals surface area (Å²) in [7, 11) is 1.23. The van der Waals surface area contributed by atoms with E-state index < -0.39 is 35.1 Å². The molecular formula is C22H22N2O7. The van der Waals surface area contributed by atoms with Crippen molar-refractivity contribution in [2.24, 2.45) is 5.92 Å². The highest BCUT2D eigenvalue weighted by Gasteiger charge is 2.75. The second kappa shape index (κ2) is 6.40. The SMILES string of the molecule is CCOC(=O)[C@]12C[C@@H](C(=O)OC)[C@]3(O1)c1c(c4ccccc4n1C2=O)CCN3C(C)=O. The first kappa shape index (κ1) is 19.7. The summed E-state index contributed by atoms with van der Waals surface area (Å²) in [4.78, 5) is 54.1. The first-order chi connectivity index (χ1) is 14.8. The van der Waals surface area contributed by atoms with Crippen LogP contribution in [0.15, 0.2) is 24.3 Å². The van der Waals surface area contributed by atoms with E-state index in [0.717, 1.165) is 10.9 Å². The summed E-state index contributed by atoms with van der Waals surface area (Å²) in [6.45, 7) is 3.32. The van der Waals surface area contributed by atoms with Crippen molar-refractivity contribution in [3.63, 3.8) is 0 Å². The molecule has 2 aromatic rings. The van der Waals surface area contributed by atoms with Gasteiger partial charge in [0.1, 0.15) is 5.92 Å². The highest BCUT2D eigenvalue weighted by Crippen LogP contribution is 2.59. The lowest BCUT2D eigenvalue weighted by atomic mass is 9.83. The Hall–Kier alpha value is -3.20. The summed E-state index contributed by atoms with van der Waals surface area (Å²) in [5.74, 6) is -3.54. The number of esters is 2. The fraction of sp³-hybridized carbons (Fsp3) is 0.455. The number of ether oxygens (including phenoxy) is 3. The summed E-state index contributed by atoms with van der Waals surface area (Å²) < 4.78 is 18.0.